The lowest BCUT2D eigenvalue weighted by molar-refractivity contribution is -0.152. The van der Waals surface area contributed by atoms with Crippen molar-refractivity contribution in [3.05, 3.63) is 53.1 Å². The van der Waals surface area contributed by atoms with Crippen LogP contribution in [0.15, 0.2) is 42.5 Å². The summed E-state index contributed by atoms with van der Waals surface area (Å²) in [4.78, 5) is 24.3. The normalized spacial score (nSPS) is 11.4. The second kappa shape index (κ2) is 11.3. The van der Waals surface area contributed by atoms with E-state index in [1.54, 1.807) is 49.4 Å². The van der Waals surface area contributed by atoms with Crippen molar-refractivity contribution in [2.24, 2.45) is 0 Å². The van der Waals surface area contributed by atoms with E-state index in [4.69, 9.17) is 30.5 Å². The first-order valence-electron chi connectivity index (χ1n) is 9.10. The summed E-state index contributed by atoms with van der Waals surface area (Å²) in [6, 6.07) is 11.4. The molecule has 0 aliphatic carbocycles. The van der Waals surface area contributed by atoms with Crippen molar-refractivity contribution in [3.8, 4) is 11.5 Å². The van der Waals surface area contributed by atoms with Gasteiger partial charge in [0.1, 0.15) is 18.1 Å². The predicted octanol–water partition coefficient (Wildman–Crippen LogP) is 3.95. The largest absolute Gasteiger partial charge is 0.495 e. The minimum absolute atomic E-state index is 0.175. The van der Waals surface area contributed by atoms with Gasteiger partial charge in [0.15, 0.2) is 6.10 Å². The van der Waals surface area contributed by atoms with Crippen LogP contribution in [0.3, 0.4) is 0 Å². The summed E-state index contributed by atoms with van der Waals surface area (Å²) < 4.78 is 20.8. The Labute approximate surface area is 174 Å². The minimum atomic E-state index is -0.780. The van der Waals surface area contributed by atoms with Crippen LogP contribution in [0.25, 0.3) is 0 Å². The Balaban J connectivity index is 1.89. The lowest BCUT2D eigenvalue weighted by atomic mass is 10.2. The zero-order valence-corrected chi connectivity index (χ0v) is 17.3. The first-order valence-corrected chi connectivity index (χ1v) is 9.48. The molecular weight excluding hydrogens is 398 g/mol. The van der Waals surface area contributed by atoms with Gasteiger partial charge >= 0.3 is 5.97 Å². The predicted molar refractivity (Wildman–Crippen MR) is 110 cm³/mol. The molecule has 1 N–H and O–H groups in total. The number of amides is 1. The first-order chi connectivity index (χ1) is 13.9. The van der Waals surface area contributed by atoms with Crippen molar-refractivity contribution in [2.75, 3.05) is 32.2 Å². The van der Waals surface area contributed by atoms with Gasteiger partial charge in [-0.15, -0.1) is 0 Å². The average Bonchev–Trinajstić information content (AvgIpc) is 2.71. The number of halogens is 1. The van der Waals surface area contributed by atoms with Gasteiger partial charge in [0.2, 0.25) is 0 Å². The highest BCUT2D eigenvalue weighted by molar-refractivity contribution is 6.32. The number of methoxy groups -OCH3 is 1. The van der Waals surface area contributed by atoms with Crippen LogP contribution in [-0.2, 0) is 14.3 Å². The first kappa shape index (κ1) is 22.5. The molecule has 0 spiro atoms. The van der Waals surface area contributed by atoms with Gasteiger partial charge in [-0.1, -0.05) is 11.6 Å². The molecule has 0 aromatic heterocycles. The van der Waals surface area contributed by atoms with Crippen molar-refractivity contribution < 1.29 is 28.5 Å². The summed E-state index contributed by atoms with van der Waals surface area (Å²) in [7, 11) is 1.52. The Bertz CT molecular complexity index is 824. The smallest absolute Gasteiger partial charge is 0.347 e. The molecule has 0 saturated heterocycles. The Hall–Kier alpha value is -2.77. The van der Waals surface area contributed by atoms with E-state index in [0.29, 0.717) is 41.0 Å². The molecule has 0 saturated carbocycles. The molecule has 2 rings (SSSR count). The zero-order valence-electron chi connectivity index (χ0n) is 16.6. The van der Waals surface area contributed by atoms with E-state index in [0.717, 1.165) is 0 Å². The van der Waals surface area contributed by atoms with Gasteiger partial charge in [-0.05, 0) is 56.3 Å². The Morgan fingerprint density at radius 3 is 2.45 bits per heavy atom. The third-order valence-corrected chi connectivity index (χ3v) is 4.14. The monoisotopic (exact) mass is 421 g/mol. The Morgan fingerprint density at radius 2 is 1.83 bits per heavy atom. The molecule has 1 amide bonds. The summed E-state index contributed by atoms with van der Waals surface area (Å²) >= 11 is 6.06. The van der Waals surface area contributed by atoms with E-state index in [1.165, 1.54) is 7.11 Å². The molecule has 0 aliphatic heterocycles. The molecule has 1 atom stereocenters. The molecule has 0 bridgehead atoms. The van der Waals surface area contributed by atoms with Gasteiger partial charge in [0, 0.05) is 17.9 Å². The van der Waals surface area contributed by atoms with Gasteiger partial charge in [0.05, 0.1) is 18.7 Å². The number of benzene rings is 2. The van der Waals surface area contributed by atoms with E-state index < -0.39 is 12.1 Å². The molecule has 8 heteroatoms. The summed E-state index contributed by atoms with van der Waals surface area (Å²) in [5, 5.41) is 3.16. The quantitative estimate of drug-likeness (QED) is 0.462. The topological polar surface area (TPSA) is 83.1 Å². The van der Waals surface area contributed by atoms with E-state index in [9.17, 15) is 9.59 Å². The molecular formula is C21H24ClNO6. The number of carbonyl (C=O) groups is 2. The molecule has 29 heavy (non-hydrogen) atoms. The van der Waals surface area contributed by atoms with Crippen LogP contribution in [0, 0.1) is 0 Å². The number of ether oxygens (including phenoxy) is 4. The van der Waals surface area contributed by atoms with Gasteiger partial charge in [-0.3, -0.25) is 4.79 Å². The second-order valence-electron chi connectivity index (χ2n) is 5.95. The van der Waals surface area contributed by atoms with Gasteiger partial charge in [-0.25, -0.2) is 4.79 Å². The molecule has 1 unspecified atom stereocenters. The number of anilines is 1. The van der Waals surface area contributed by atoms with E-state index in [2.05, 4.69) is 5.32 Å². The maximum Gasteiger partial charge on any atom is 0.347 e. The van der Waals surface area contributed by atoms with Crippen molar-refractivity contribution in [1.82, 2.24) is 0 Å². The third-order valence-electron chi connectivity index (χ3n) is 3.85. The molecule has 156 valence electrons. The molecule has 2 aromatic carbocycles. The van der Waals surface area contributed by atoms with Crippen LogP contribution < -0.4 is 14.8 Å². The highest BCUT2D eigenvalue weighted by Gasteiger charge is 2.16. The van der Waals surface area contributed by atoms with Gasteiger partial charge < -0.3 is 24.3 Å². The van der Waals surface area contributed by atoms with Crippen LogP contribution in [0.4, 0.5) is 5.69 Å². The number of esters is 1. The van der Waals surface area contributed by atoms with Crippen molar-refractivity contribution >= 4 is 29.2 Å². The van der Waals surface area contributed by atoms with Crippen LogP contribution in [-0.4, -0.2) is 44.9 Å². The number of carbonyl (C=O) groups excluding carboxylic acids is 2. The Morgan fingerprint density at radius 1 is 1.10 bits per heavy atom. The highest BCUT2D eigenvalue weighted by atomic mass is 35.5. The van der Waals surface area contributed by atoms with E-state index >= 15 is 0 Å². The SMILES string of the molecule is CCOCCOC(=O)C(C)Oc1ccc(C(=O)Nc2ccc(OC)c(Cl)c2)cc1. The van der Waals surface area contributed by atoms with Crippen LogP contribution in [0.1, 0.15) is 24.2 Å². The summed E-state index contributed by atoms with van der Waals surface area (Å²) in [5.74, 6) is 0.184. The number of nitrogens with one attached hydrogen (secondary N) is 1. The molecule has 7 nitrogen and oxygen atoms in total. The summed E-state index contributed by atoms with van der Waals surface area (Å²) in [5.41, 5.74) is 0.973. The highest BCUT2D eigenvalue weighted by Crippen LogP contribution is 2.27. The lowest BCUT2D eigenvalue weighted by Gasteiger charge is -2.14. The van der Waals surface area contributed by atoms with Gasteiger partial charge in [0.25, 0.3) is 5.91 Å². The van der Waals surface area contributed by atoms with Crippen molar-refractivity contribution in [1.29, 1.82) is 0 Å². The fraction of sp³-hybridized carbons (Fsp3) is 0.333. The van der Waals surface area contributed by atoms with Crippen LogP contribution >= 0.6 is 11.6 Å². The Kier molecular flexibility index (Phi) is 8.76. The molecule has 0 aliphatic rings. The van der Waals surface area contributed by atoms with Crippen molar-refractivity contribution in [3.63, 3.8) is 0 Å². The van der Waals surface area contributed by atoms with Gasteiger partial charge in [-0.2, -0.15) is 0 Å². The lowest BCUT2D eigenvalue weighted by Crippen LogP contribution is -2.27. The molecule has 0 fully saturated rings. The standard InChI is InChI=1S/C21H24ClNO6/c1-4-27-11-12-28-21(25)14(2)29-17-8-5-15(6-9-17)20(24)23-16-7-10-19(26-3)18(22)13-16/h5-10,13-14H,4,11-12H2,1-3H3,(H,23,24). The number of rotatable bonds is 10. The van der Waals surface area contributed by atoms with Crippen LogP contribution in [0.5, 0.6) is 11.5 Å². The van der Waals surface area contributed by atoms with E-state index in [-0.39, 0.29) is 12.5 Å². The third kappa shape index (κ3) is 6.96. The molecule has 0 heterocycles. The maximum absolute atomic E-state index is 12.4. The average molecular weight is 422 g/mol. The fourth-order valence-corrected chi connectivity index (χ4v) is 2.61. The number of hydrogen-bond acceptors (Lipinski definition) is 6. The molecule has 2 aromatic rings. The minimum Gasteiger partial charge on any atom is -0.495 e. The number of hydrogen-bond donors (Lipinski definition) is 1. The van der Waals surface area contributed by atoms with Crippen molar-refractivity contribution in [2.45, 2.75) is 20.0 Å². The second-order valence-corrected chi connectivity index (χ2v) is 6.36. The fourth-order valence-electron chi connectivity index (χ4n) is 2.35. The van der Waals surface area contributed by atoms with E-state index in [1.807, 2.05) is 6.92 Å². The van der Waals surface area contributed by atoms with Crippen LogP contribution in [0.2, 0.25) is 5.02 Å². The molecule has 0 radical (unpaired) electrons. The zero-order chi connectivity index (χ0) is 21.2. The maximum atomic E-state index is 12.4. The summed E-state index contributed by atoms with van der Waals surface area (Å²) in [6.07, 6.45) is -0.780. The summed E-state index contributed by atoms with van der Waals surface area (Å²) in [6.45, 7) is 4.54.